The van der Waals surface area contributed by atoms with Crippen LogP contribution in [0.15, 0.2) is 47.4 Å². The molecule has 0 amide bonds. The fraction of sp³-hybridized carbons (Fsp3) is 0.357. The number of hydrogen-bond acceptors (Lipinski definition) is 4. The van der Waals surface area contributed by atoms with Crippen LogP contribution in [0, 0.1) is 17.8 Å². The average molecular weight is 311 g/mol. The fourth-order valence-electron chi connectivity index (χ4n) is 2.80. The highest BCUT2D eigenvalue weighted by atomic mass is 32.2. The van der Waals surface area contributed by atoms with Gasteiger partial charge < -0.3 is 10.8 Å². The zero-order chi connectivity index (χ0) is 15.6. The Hall–Kier alpha value is -1.70. The SMILES string of the molecule is NC1C2C=CC(C2)C1C(=O)O.O=S(=O)(O)c1ccccc1. The van der Waals surface area contributed by atoms with Gasteiger partial charge in [-0.25, -0.2) is 0 Å². The Morgan fingerprint density at radius 1 is 1.14 bits per heavy atom. The largest absolute Gasteiger partial charge is 0.481 e. The summed E-state index contributed by atoms with van der Waals surface area (Å²) >= 11 is 0. The van der Waals surface area contributed by atoms with E-state index in [-0.39, 0.29) is 22.8 Å². The molecule has 1 saturated carbocycles. The lowest BCUT2D eigenvalue weighted by molar-refractivity contribution is -0.143. The summed E-state index contributed by atoms with van der Waals surface area (Å²) in [6.07, 6.45) is 4.99. The molecule has 0 radical (unpaired) electrons. The van der Waals surface area contributed by atoms with Crippen molar-refractivity contribution in [3.05, 3.63) is 42.5 Å². The second kappa shape index (κ2) is 5.97. The summed E-state index contributed by atoms with van der Waals surface area (Å²) in [6, 6.07) is 7.27. The molecule has 0 spiro atoms. The van der Waals surface area contributed by atoms with Crippen molar-refractivity contribution < 1.29 is 22.9 Å². The Morgan fingerprint density at radius 2 is 1.71 bits per heavy atom. The third-order valence-electron chi connectivity index (χ3n) is 3.85. The van der Waals surface area contributed by atoms with Crippen LogP contribution in [0.1, 0.15) is 6.42 Å². The Bertz CT molecular complexity index is 641. The minimum Gasteiger partial charge on any atom is -0.481 e. The molecule has 1 aromatic rings. The van der Waals surface area contributed by atoms with Crippen LogP contribution in [0.5, 0.6) is 0 Å². The first kappa shape index (κ1) is 15.7. The third kappa shape index (κ3) is 3.49. The van der Waals surface area contributed by atoms with E-state index in [1.54, 1.807) is 18.2 Å². The Balaban J connectivity index is 0.000000155. The number of allylic oxidation sites excluding steroid dienone is 1. The molecule has 3 rings (SSSR count). The van der Waals surface area contributed by atoms with Gasteiger partial charge in [0.1, 0.15) is 0 Å². The Kier molecular flexibility index (Phi) is 4.46. The fourth-order valence-corrected chi connectivity index (χ4v) is 3.30. The van der Waals surface area contributed by atoms with Gasteiger partial charge in [0, 0.05) is 6.04 Å². The van der Waals surface area contributed by atoms with Crippen LogP contribution < -0.4 is 5.73 Å². The number of rotatable bonds is 2. The molecular weight excluding hydrogens is 294 g/mol. The lowest BCUT2D eigenvalue weighted by Crippen LogP contribution is -2.38. The molecule has 2 aliphatic carbocycles. The van der Waals surface area contributed by atoms with Crippen molar-refractivity contribution in [1.82, 2.24) is 0 Å². The quantitative estimate of drug-likeness (QED) is 0.557. The Morgan fingerprint density at radius 3 is 2.05 bits per heavy atom. The van der Waals surface area contributed by atoms with Crippen molar-refractivity contribution in [3.63, 3.8) is 0 Å². The summed E-state index contributed by atoms with van der Waals surface area (Å²) in [5.74, 6) is -0.548. The van der Waals surface area contributed by atoms with Crippen molar-refractivity contribution in [2.24, 2.45) is 23.5 Å². The minimum absolute atomic E-state index is 0.0741. The first-order valence-corrected chi connectivity index (χ1v) is 7.94. The molecule has 6 nitrogen and oxygen atoms in total. The van der Waals surface area contributed by atoms with Gasteiger partial charge in [-0.15, -0.1) is 0 Å². The number of aliphatic carboxylic acids is 1. The van der Waals surface area contributed by atoms with E-state index in [4.69, 9.17) is 15.4 Å². The van der Waals surface area contributed by atoms with Crippen LogP contribution >= 0.6 is 0 Å². The lowest BCUT2D eigenvalue weighted by Gasteiger charge is -2.19. The number of hydrogen-bond donors (Lipinski definition) is 3. The van der Waals surface area contributed by atoms with Gasteiger partial charge in [0.2, 0.25) is 0 Å². The van der Waals surface area contributed by atoms with Gasteiger partial charge in [0.25, 0.3) is 10.1 Å². The molecule has 0 aromatic heterocycles. The molecule has 7 heteroatoms. The standard InChI is InChI=1S/C8H11NO2.C6H6O3S/c9-7-5-2-1-4(3-5)6(7)8(10)11;7-10(8,9)6-4-2-1-3-5-6/h1-2,4-7H,3,9H2,(H,10,11);1-5H,(H,7,8,9). The van der Waals surface area contributed by atoms with Gasteiger partial charge >= 0.3 is 5.97 Å². The normalized spacial score (nSPS) is 29.8. The van der Waals surface area contributed by atoms with E-state index in [1.807, 2.05) is 6.08 Å². The van der Waals surface area contributed by atoms with Crippen molar-refractivity contribution in [3.8, 4) is 0 Å². The van der Waals surface area contributed by atoms with Gasteiger partial charge in [-0.3, -0.25) is 9.35 Å². The summed E-state index contributed by atoms with van der Waals surface area (Å²) in [6.45, 7) is 0. The molecule has 2 bridgehead atoms. The van der Waals surface area contributed by atoms with Crippen LogP contribution in [0.2, 0.25) is 0 Å². The van der Waals surface area contributed by atoms with Crippen molar-refractivity contribution in [1.29, 1.82) is 0 Å². The predicted molar refractivity (Wildman–Crippen MR) is 76.1 cm³/mol. The highest BCUT2D eigenvalue weighted by molar-refractivity contribution is 7.85. The van der Waals surface area contributed by atoms with Crippen LogP contribution in [0.3, 0.4) is 0 Å². The van der Waals surface area contributed by atoms with Gasteiger partial charge in [-0.1, -0.05) is 30.4 Å². The van der Waals surface area contributed by atoms with E-state index in [0.717, 1.165) is 6.42 Å². The van der Waals surface area contributed by atoms with Crippen molar-refractivity contribution in [2.75, 3.05) is 0 Å². The third-order valence-corrected chi connectivity index (χ3v) is 4.71. The maximum absolute atomic E-state index is 10.7. The van der Waals surface area contributed by atoms with Crippen LogP contribution in [-0.4, -0.2) is 30.1 Å². The van der Waals surface area contributed by atoms with E-state index in [9.17, 15) is 13.2 Å². The monoisotopic (exact) mass is 311 g/mol. The zero-order valence-corrected chi connectivity index (χ0v) is 12.0. The molecule has 114 valence electrons. The molecule has 0 heterocycles. The van der Waals surface area contributed by atoms with E-state index < -0.39 is 16.1 Å². The van der Waals surface area contributed by atoms with Crippen molar-refractivity contribution in [2.45, 2.75) is 17.4 Å². The van der Waals surface area contributed by atoms with Gasteiger partial charge in [-0.2, -0.15) is 8.42 Å². The lowest BCUT2D eigenvalue weighted by atomic mass is 9.90. The van der Waals surface area contributed by atoms with Gasteiger partial charge in [-0.05, 0) is 30.4 Å². The average Bonchev–Trinajstić information content (AvgIpc) is 3.00. The number of carboxylic acids is 1. The first-order valence-electron chi connectivity index (χ1n) is 6.50. The van der Waals surface area contributed by atoms with Crippen molar-refractivity contribution >= 4 is 16.1 Å². The predicted octanol–water partition coefficient (Wildman–Crippen LogP) is 1.15. The summed E-state index contributed by atoms with van der Waals surface area (Å²) in [5, 5.41) is 8.79. The maximum Gasteiger partial charge on any atom is 0.308 e. The van der Waals surface area contributed by atoms with Crippen LogP contribution in [0.4, 0.5) is 0 Å². The van der Waals surface area contributed by atoms with Gasteiger partial charge in [0.05, 0.1) is 10.8 Å². The maximum atomic E-state index is 10.7. The molecular formula is C14H17NO5S. The molecule has 4 unspecified atom stereocenters. The summed E-state index contributed by atoms with van der Waals surface area (Å²) in [7, 11) is -4.00. The van der Waals surface area contributed by atoms with Gasteiger partial charge in [0.15, 0.2) is 0 Å². The molecule has 0 aliphatic heterocycles. The van der Waals surface area contributed by atoms with Crippen LogP contribution in [-0.2, 0) is 14.9 Å². The summed E-state index contributed by atoms with van der Waals surface area (Å²) in [5.41, 5.74) is 5.73. The second-order valence-electron chi connectivity index (χ2n) is 5.18. The molecule has 0 saturated heterocycles. The number of benzene rings is 1. The zero-order valence-electron chi connectivity index (χ0n) is 11.2. The molecule has 1 aromatic carbocycles. The number of carbonyl (C=O) groups is 1. The smallest absolute Gasteiger partial charge is 0.308 e. The molecule has 4 N–H and O–H groups in total. The molecule has 2 aliphatic rings. The first-order chi connectivity index (χ1) is 9.80. The Labute approximate surface area is 123 Å². The molecule has 4 atom stereocenters. The highest BCUT2D eigenvalue weighted by Crippen LogP contribution is 2.42. The summed E-state index contributed by atoms with van der Waals surface area (Å²) in [4.78, 5) is 10.6. The molecule has 1 fully saturated rings. The topological polar surface area (TPSA) is 118 Å². The summed E-state index contributed by atoms with van der Waals surface area (Å²) < 4.78 is 29.2. The second-order valence-corrected chi connectivity index (χ2v) is 6.60. The van der Waals surface area contributed by atoms with E-state index >= 15 is 0 Å². The van der Waals surface area contributed by atoms with Crippen LogP contribution in [0.25, 0.3) is 0 Å². The van der Waals surface area contributed by atoms with E-state index in [1.165, 1.54) is 12.1 Å². The van der Waals surface area contributed by atoms with E-state index in [2.05, 4.69) is 6.08 Å². The number of fused-ring (bicyclic) bond motifs is 2. The van der Waals surface area contributed by atoms with E-state index in [0.29, 0.717) is 5.92 Å². The molecule has 21 heavy (non-hydrogen) atoms. The highest BCUT2D eigenvalue weighted by Gasteiger charge is 2.46. The minimum atomic E-state index is -4.00. The number of nitrogens with two attached hydrogens (primary N) is 1. The number of carboxylic acid groups (broad SMARTS) is 1.